The number of carboxylic acids is 1. The van der Waals surface area contributed by atoms with Crippen molar-refractivity contribution in [3.63, 3.8) is 0 Å². The van der Waals surface area contributed by atoms with Crippen LogP contribution in [0.2, 0.25) is 0 Å². The largest absolute Gasteiger partial charge is 0.496 e. The van der Waals surface area contributed by atoms with Gasteiger partial charge >= 0.3 is 5.97 Å². The van der Waals surface area contributed by atoms with Crippen LogP contribution in [0.3, 0.4) is 0 Å². The molecule has 2 aromatic rings. The van der Waals surface area contributed by atoms with E-state index >= 15 is 0 Å². The van der Waals surface area contributed by atoms with E-state index in [9.17, 15) is 4.79 Å². The summed E-state index contributed by atoms with van der Waals surface area (Å²) < 4.78 is 6.98. The Hall–Kier alpha value is -2.23. The molecule has 2 rings (SSSR count). The topological polar surface area (TPSA) is 51.5 Å². The first-order valence-electron chi connectivity index (χ1n) is 5.64. The van der Waals surface area contributed by atoms with Crippen LogP contribution in [-0.2, 0) is 6.54 Å². The zero-order chi connectivity index (χ0) is 13.1. The summed E-state index contributed by atoms with van der Waals surface area (Å²) in [6.07, 6.45) is 1.76. The molecule has 4 nitrogen and oxygen atoms in total. The summed E-state index contributed by atoms with van der Waals surface area (Å²) in [5.41, 5.74) is 2.37. The molecule has 1 heterocycles. The van der Waals surface area contributed by atoms with E-state index in [0.29, 0.717) is 6.54 Å². The zero-order valence-electron chi connectivity index (χ0n) is 10.4. The van der Waals surface area contributed by atoms with Gasteiger partial charge in [0.2, 0.25) is 0 Å². The minimum absolute atomic E-state index is 0.276. The van der Waals surface area contributed by atoms with Crippen molar-refractivity contribution in [2.45, 2.75) is 13.5 Å². The highest BCUT2D eigenvalue weighted by molar-refractivity contribution is 5.85. The lowest BCUT2D eigenvalue weighted by Crippen LogP contribution is -2.09. The third kappa shape index (κ3) is 2.37. The molecule has 0 saturated heterocycles. The van der Waals surface area contributed by atoms with Gasteiger partial charge in [0.1, 0.15) is 11.4 Å². The van der Waals surface area contributed by atoms with Crippen LogP contribution < -0.4 is 4.74 Å². The number of aryl methyl sites for hydroxylation is 1. The van der Waals surface area contributed by atoms with Crippen LogP contribution in [0.5, 0.6) is 5.75 Å². The summed E-state index contributed by atoms with van der Waals surface area (Å²) in [6.45, 7) is 2.48. The quantitative estimate of drug-likeness (QED) is 0.900. The summed E-state index contributed by atoms with van der Waals surface area (Å²) in [5, 5.41) is 9.06. The van der Waals surface area contributed by atoms with Gasteiger partial charge in [-0.3, -0.25) is 0 Å². The lowest BCUT2D eigenvalue weighted by atomic mass is 10.1. The van der Waals surface area contributed by atoms with E-state index in [1.165, 1.54) is 0 Å². The first-order chi connectivity index (χ1) is 8.61. The Morgan fingerprint density at radius 1 is 1.39 bits per heavy atom. The predicted molar refractivity (Wildman–Crippen MR) is 68.2 cm³/mol. The lowest BCUT2D eigenvalue weighted by Gasteiger charge is -2.11. The van der Waals surface area contributed by atoms with Crippen molar-refractivity contribution >= 4 is 5.97 Å². The van der Waals surface area contributed by atoms with Gasteiger partial charge < -0.3 is 14.4 Å². The number of aromatic nitrogens is 1. The minimum atomic E-state index is -0.924. The van der Waals surface area contributed by atoms with E-state index in [-0.39, 0.29) is 5.69 Å². The Kier molecular flexibility index (Phi) is 3.37. The number of ether oxygens (including phenoxy) is 1. The molecule has 0 spiro atoms. The van der Waals surface area contributed by atoms with Crippen LogP contribution in [0.4, 0.5) is 0 Å². The van der Waals surface area contributed by atoms with E-state index in [1.54, 1.807) is 30.0 Å². The molecule has 0 aliphatic carbocycles. The van der Waals surface area contributed by atoms with Crippen LogP contribution in [0.15, 0.2) is 36.5 Å². The second-order valence-corrected chi connectivity index (χ2v) is 4.14. The first kappa shape index (κ1) is 12.2. The molecule has 18 heavy (non-hydrogen) atoms. The van der Waals surface area contributed by atoms with Gasteiger partial charge in [0.25, 0.3) is 0 Å². The molecule has 0 fully saturated rings. The Bertz CT molecular complexity index is 572. The number of carboxylic acid groups (broad SMARTS) is 1. The predicted octanol–water partition coefficient (Wildman–Crippen LogP) is 2.55. The maximum Gasteiger partial charge on any atom is 0.352 e. The fraction of sp³-hybridized carbons (Fsp3) is 0.214. The number of carbonyl (C=O) groups is 1. The molecule has 94 valence electrons. The molecule has 0 aliphatic heterocycles. The number of hydrogen-bond acceptors (Lipinski definition) is 2. The van der Waals surface area contributed by atoms with Gasteiger partial charge in [-0.2, -0.15) is 0 Å². The third-order valence-corrected chi connectivity index (χ3v) is 2.83. The van der Waals surface area contributed by atoms with Crippen molar-refractivity contribution in [2.75, 3.05) is 7.11 Å². The maximum atomic E-state index is 11.0. The number of methoxy groups -OCH3 is 1. The van der Waals surface area contributed by atoms with E-state index < -0.39 is 5.97 Å². The third-order valence-electron chi connectivity index (χ3n) is 2.83. The van der Waals surface area contributed by atoms with Gasteiger partial charge in [-0.1, -0.05) is 17.7 Å². The standard InChI is InChI=1S/C14H15NO3/c1-10-5-6-13(18-2)11(8-10)9-15-7-3-4-12(15)14(16)17/h3-8H,9H2,1-2H3,(H,16,17). The number of hydrogen-bond donors (Lipinski definition) is 1. The van der Waals surface area contributed by atoms with Crippen molar-refractivity contribution in [1.29, 1.82) is 0 Å². The van der Waals surface area contributed by atoms with Crippen LogP contribution >= 0.6 is 0 Å². The zero-order valence-corrected chi connectivity index (χ0v) is 10.4. The van der Waals surface area contributed by atoms with E-state index in [2.05, 4.69) is 0 Å². The Morgan fingerprint density at radius 3 is 2.83 bits per heavy atom. The van der Waals surface area contributed by atoms with E-state index in [0.717, 1.165) is 16.9 Å². The van der Waals surface area contributed by atoms with E-state index in [1.807, 2.05) is 25.1 Å². The van der Waals surface area contributed by atoms with Gasteiger partial charge in [-0.05, 0) is 25.1 Å². The highest BCUT2D eigenvalue weighted by atomic mass is 16.5. The molecule has 4 heteroatoms. The number of benzene rings is 1. The summed E-state index contributed by atoms with van der Waals surface area (Å²) in [6, 6.07) is 9.19. The Labute approximate surface area is 105 Å². The molecule has 1 aromatic heterocycles. The van der Waals surface area contributed by atoms with Gasteiger partial charge in [-0.25, -0.2) is 4.79 Å². The number of nitrogens with zero attached hydrogens (tertiary/aromatic N) is 1. The lowest BCUT2D eigenvalue weighted by molar-refractivity contribution is 0.0685. The van der Waals surface area contributed by atoms with Gasteiger partial charge in [0.15, 0.2) is 0 Å². The Balaban J connectivity index is 2.36. The molecule has 0 atom stereocenters. The molecular formula is C14H15NO3. The van der Waals surface area contributed by atoms with Gasteiger partial charge in [0.05, 0.1) is 13.7 Å². The summed E-state index contributed by atoms with van der Waals surface area (Å²) in [4.78, 5) is 11.0. The minimum Gasteiger partial charge on any atom is -0.496 e. The Morgan fingerprint density at radius 2 is 2.17 bits per heavy atom. The fourth-order valence-corrected chi connectivity index (χ4v) is 1.96. The van der Waals surface area contributed by atoms with Crippen LogP contribution in [0.25, 0.3) is 0 Å². The highest BCUT2D eigenvalue weighted by Gasteiger charge is 2.11. The normalized spacial score (nSPS) is 10.3. The van der Waals surface area contributed by atoms with Crippen LogP contribution in [0, 0.1) is 6.92 Å². The summed E-state index contributed by atoms with van der Waals surface area (Å²) in [7, 11) is 1.61. The van der Waals surface area contributed by atoms with Crippen molar-refractivity contribution in [3.05, 3.63) is 53.3 Å². The second kappa shape index (κ2) is 4.96. The number of aromatic carboxylic acids is 1. The van der Waals surface area contributed by atoms with Crippen molar-refractivity contribution < 1.29 is 14.6 Å². The first-order valence-corrected chi connectivity index (χ1v) is 5.64. The fourth-order valence-electron chi connectivity index (χ4n) is 1.96. The molecule has 0 radical (unpaired) electrons. The van der Waals surface area contributed by atoms with Crippen molar-refractivity contribution in [3.8, 4) is 5.75 Å². The molecule has 1 aromatic carbocycles. The highest BCUT2D eigenvalue weighted by Crippen LogP contribution is 2.21. The van der Waals surface area contributed by atoms with Crippen molar-refractivity contribution in [2.24, 2.45) is 0 Å². The van der Waals surface area contributed by atoms with E-state index in [4.69, 9.17) is 9.84 Å². The molecule has 0 unspecified atom stereocenters. The van der Waals surface area contributed by atoms with Crippen molar-refractivity contribution in [1.82, 2.24) is 4.57 Å². The monoisotopic (exact) mass is 245 g/mol. The molecule has 0 aliphatic rings. The average molecular weight is 245 g/mol. The average Bonchev–Trinajstić information content (AvgIpc) is 2.77. The number of rotatable bonds is 4. The second-order valence-electron chi connectivity index (χ2n) is 4.14. The molecule has 0 amide bonds. The van der Waals surface area contributed by atoms with Crippen LogP contribution in [0.1, 0.15) is 21.6 Å². The van der Waals surface area contributed by atoms with Gasteiger partial charge in [-0.15, -0.1) is 0 Å². The molecule has 0 bridgehead atoms. The maximum absolute atomic E-state index is 11.0. The summed E-state index contributed by atoms with van der Waals surface area (Å²) in [5.74, 6) is -0.155. The molecule has 1 N–H and O–H groups in total. The molecule has 0 saturated carbocycles. The smallest absolute Gasteiger partial charge is 0.352 e. The van der Waals surface area contributed by atoms with Crippen LogP contribution in [-0.4, -0.2) is 22.8 Å². The molecular weight excluding hydrogens is 230 g/mol. The SMILES string of the molecule is COc1ccc(C)cc1Cn1cccc1C(=O)O. The van der Waals surface area contributed by atoms with Gasteiger partial charge in [0, 0.05) is 11.8 Å². The summed E-state index contributed by atoms with van der Waals surface area (Å²) >= 11 is 0.